The fraction of sp³-hybridized carbons (Fsp3) is 0.571. The number of anilines is 2. The van der Waals surface area contributed by atoms with Gasteiger partial charge in [-0.3, -0.25) is 0 Å². The van der Waals surface area contributed by atoms with Crippen LogP contribution in [0.5, 0.6) is 11.5 Å². The molecule has 98 valence electrons. The Morgan fingerprint density at radius 1 is 1.17 bits per heavy atom. The molecule has 2 unspecified atom stereocenters. The van der Waals surface area contributed by atoms with Gasteiger partial charge >= 0.3 is 0 Å². The second-order valence-electron chi connectivity index (χ2n) is 5.34. The molecule has 1 aliphatic heterocycles. The smallest absolute Gasteiger partial charge is 0.163 e. The van der Waals surface area contributed by atoms with Crippen LogP contribution in [-0.4, -0.2) is 19.3 Å². The van der Waals surface area contributed by atoms with E-state index in [4.69, 9.17) is 15.2 Å². The van der Waals surface area contributed by atoms with Crippen molar-refractivity contribution >= 4 is 11.4 Å². The third-order valence-electron chi connectivity index (χ3n) is 3.77. The molecule has 0 amide bonds. The van der Waals surface area contributed by atoms with Gasteiger partial charge in [-0.1, -0.05) is 6.92 Å². The normalized spacial score (nSPS) is 26.1. The zero-order valence-electron chi connectivity index (χ0n) is 10.7. The van der Waals surface area contributed by atoms with Gasteiger partial charge in [0.15, 0.2) is 11.5 Å². The van der Waals surface area contributed by atoms with Crippen molar-refractivity contribution in [2.75, 3.05) is 24.3 Å². The summed E-state index contributed by atoms with van der Waals surface area (Å²) in [6, 6.07) is 4.35. The summed E-state index contributed by atoms with van der Waals surface area (Å²) in [5.41, 5.74) is 7.77. The summed E-state index contributed by atoms with van der Waals surface area (Å²) in [5.74, 6) is 2.36. The maximum atomic E-state index is 6.06. The van der Waals surface area contributed by atoms with Gasteiger partial charge < -0.3 is 20.5 Å². The molecular weight excluding hydrogens is 228 g/mol. The minimum absolute atomic E-state index is 0.532. The quantitative estimate of drug-likeness (QED) is 0.790. The van der Waals surface area contributed by atoms with Crippen LogP contribution in [0.3, 0.4) is 0 Å². The molecule has 1 heterocycles. The van der Waals surface area contributed by atoms with Crippen molar-refractivity contribution in [3.8, 4) is 11.5 Å². The van der Waals surface area contributed by atoms with Gasteiger partial charge in [0, 0.05) is 18.2 Å². The number of nitrogen functional groups attached to an aromatic ring is 1. The maximum absolute atomic E-state index is 6.06. The standard InChI is InChI=1S/C14H20N2O2/c1-9-2-3-10(6-9)16-12-8-14-13(7-11(12)15)17-4-5-18-14/h7-10,16H,2-6,15H2,1H3. The summed E-state index contributed by atoms with van der Waals surface area (Å²) < 4.78 is 11.1. The van der Waals surface area contributed by atoms with E-state index in [0.717, 1.165) is 28.8 Å². The van der Waals surface area contributed by atoms with Gasteiger partial charge in [-0.25, -0.2) is 0 Å². The molecule has 18 heavy (non-hydrogen) atoms. The van der Waals surface area contributed by atoms with Gasteiger partial charge in [0.1, 0.15) is 13.2 Å². The minimum atomic E-state index is 0.532. The number of hydrogen-bond donors (Lipinski definition) is 2. The summed E-state index contributed by atoms with van der Waals surface area (Å²) in [5, 5.41) is 3.53. The van der Waals surface area contributed by atoms with Crippen molar-refractivity contribution in [3.05, 3.63) is 12.1 Å². The highest BCUT2D eigenvalue weighted by Gasteiger charge is 2.22. The fourth-order valence-corrected chi connectivity index (χ4v) is 2.79. The topological polar surface area (TPSA) is 56.5 Å². The summed E-state index contributed by atoms with van der Waals surface area (Å²) in [6.07, 6.45) is 3.73. The van der Waals surface area contributed by atoms with Gasteiger partial charge in [-0.15, -0.1) is 0 Å². The Balaban J connectivity index is 1.79. The lowest BCUT2D eigenvalue weighted by molar-refractivity contribution is 0.172. The summed E-state index contributed by atoms with van der Waals surface area (Å²) >= 11 is 0. The van der Waals surface area contributed by atoms with Crippen LogP contribution in [-0.2, 0) is 0 Å². The van der Waals surface area contributed by atoms with Crippen LogP contribution in [0.15, 0.2) is 12.1 Å². The number of benzene rings is 1. The fourth-order valence-electron chi connectivity index (χ4n) is 2.79. The van der Waals surface area contributed by atoms with E-state index < -0.39 is 0 Å². The Bertz CT molecular complexity index is 448. The van der Waals surface area contributed by atoms with Crippen molar-refractivity contribution in [1.82, 2.24) is 0 Å². The highest BCUT2D eigenvalue weighted by molar-refractivity contribution is 5.72. The molecule has 1 aromatic carbocycles. The lowest BCUT2D eigenvalue weighted by Gasteiger charge is -2.22. The lowest BCUT2D eigenvalue weighted by Crippen LogP contribution is -2.19. The molecule has 0 aromatic heterocycles. The molecule has 1 saturated carbocycles. The van der Waals surface area contributed by atoms with Gasteiger partial charge in [-0.05, 0) is 25.2 Å². The van der Waals surface area contributed by atoms with E-state index in [0.29, 0.717) is 19.3 Å². The third kappa shape index (κ3) is 2.19. The van der Waals surface area contributed by atoms with Crippen LogP contribution in [0, 0.1) is 5.92 Å². The number of hydrogen-bond acceptors (Lipinski definition) is 4. The largest absolute Gasteiger partial charge is 0.486 e. The molecule has 3 N–H and O–H groups in total. The van der Waals surface area contributed by atoms with Crippen LogP contribution in [0.2, 0.25) is 0 Å². The number of nitrogens with two attached hydrogens (primary N) is 1. The minimum Gasteiger partial charge on any atom is -0.486 e. The Morgan fingerprint density at radius 2 is 1.89 bits per heavy atom. The number of ether oxygens (including phenoxy) is 2. The Labute approximate surface area is 107 Å². The predicted molar refractivity (Wildman–Crippen MR) is 72.3 cm³/mol. The van der Waals surface area contributed by atoms with Crippen molar-refractivity contribution in [2.24, 2.45) is 5.92 Å². The first-order valence-electron chi connectivity index (χ1n) is 6.68. The second kappa shape index (κ2) is 4.59. The Morgan fingerprint density at radius 3 is 2.56 bits per heavy atom. The molecule has 0 saturated heterocycles. The lowest BCUT2D eigenvalue weighted by atomic mass is 10.1. The van der Waals surface area contributed by atoms with Crippen molar-refractivity contribution < 1.29 is 9.47 Å². The molecule has 4 heteroatoms. The monoisotopic (exact) mass is 248 g/mol. The van der Waals surface area contributed by atoms with Crippen LogP contribution < -0.4 is 20.5 Å². The summed E-state index contributed by atoms with van der Waals surface area (Å²) in [7, 11) is 0. The van der Waals surface area contributed by atoms with Crippen LogP contribution in [0.1, 0.15) is 26.2 Å². The summed E-state index contributed by atoms with van der Waals surface area (Å²) in [6.45, 7) is 3.50. The maximum Gasteiger partial charge on any atom is 0.163 e. The van der Waals surface area contributed by atoms with E-state index in [-0.39, 0.29) is 0 Å². The van der Waals surface area contributed by atoms with Crippen LogP contribution >= 0.6 is 0 Å². The average molecular weight is 248 g/mol. The SMILES string of the molecule is CC1CCC(Nc2cc3c(cc2N)OCCO3)C1. The first-order chi connectivity index (χ1) is 8.72. The number of rotatable bonds is 2. The highest BCUT2D eigenvalue weighted by atomic mass is 16.6. The Hall–Kier alpha value is -1.58. The zero-order chi connectivity index (χ0) is 12.5. The zero-order valence-corrected chi connectivity index (χ0v) is 10.7. The molecule has 0 bridgehead atoms. The molecule has 1 fully saturated rings. The van der Waals surface area contributed by atoms with Crippen LogP contribution in [0.4, 0.5) is 11.4 Å². The van der Waals surface area contributed by atoms with Crippen molar-refractivity contribution in [2.45, 2.75) is 32.2 Å². The van der Waals surface area contributed by atoms with Gasteiger partial charge in [-0.2, -0.15) is 0 Å². The van der Waals surface area contributed by atoms with Gasteiger partial charge in [0.05, 0.1) is 11.4 Å². The average Bonchev–Trinajstić information content (AvgIpc) is 2.76. The van der Waals surface area contributed by atoms with E-state index in [1.54, 1.807) is 0 Å². The molecular formula is C14H20N2O2. The molecule has 2 atom stereocenters. The van der Waals surface area contributed by atoms with E-state index in [1.165, 1.54) is 19.3 Å². The molecule has 3 rings (SSSR count). The predicted octanol–water partition coefficient (Wildman–Crippen LogP) is 2.64. The molecule has 2 aliphatic rings. The van der Waals surface area contributed by atoms with Crippen LogP contribution in [0.25, 0.3) is 0 Å². The third-order valence-corrected chi connectivity index (χ3v) is 3.77. The van der Waals surface area contributed by atoms with E-state index in [9.17, 15) is 0 Å². The molecule has 4 nitrogen and oxygen atoms in total. The first kappa shape index (κ1) is 11.5. The number of fused-ring (bicyclic) bond motifs is 1. The number of nitrogens with one attached hydrogen (secondary N) is 1. The molecule has 1 aliphatic carbocycles. The summed E-state index contributed by atoms with van der Waals surface area (Å²) in [4.78, 5) is 0. The van der Waals surface area contributed by atoms with Crippen molar-refractivity contribution in [1.29, 1.82) is 0 Å². The van der Waals surface area contributed by atoms with E-state index in [1.807, 2.05) is 12.1 Å². The molecule has 1 aromatic rings. The van der Waals surface area contributed by atoms with Gasteiger partial charge in [0.2, 0.25) is 0 Å². The molecule has 0 radical (unpaired) electrons. The van der Waals surface area contributed by atoms with E-state index in [2.05, 4.69) is 12.2 Å². The highest BCUT2D eigenvalue weighted by Crippen LogP contribution is 2.38. The molecule has 0 spiro atoms. The first-order valence-corrected chi connectivity index (χ1v) is 6.68. The Kier molecular flexibility index (Phi) is 2.94. The van der Waals surface area contributed by atoms with Crippen molar-refractivity contribution in [3.63, 3.8) is 0 Å². The van der Waals surface area contributed by atoms with Gasteiger partial charge in [0.25, 0.3) is 0 Å². The van der Waals surface area contributed by atoms with E-state index >= 15 is 0 Å². The second-order valence-corrected chi connectivity index (χ2v) is 5.34.